The fourth-order valence-electron chi connectivity index (χ4n) is 6.98. The molecule has 2 aliphatic rings. The molecule has 2 saturated heterocycles. The maximum Gasteiger partial charge on any atom is 0.248 e. The molecule has 2 aromatic rings. The van der Waals surface area contributed by atoms with Crippen LogP contribution in [0.15, 0.2) is 10.3 Å². The van der Waals surface area contributed by atoms with Gasteiger partial charge in [-0.05, 0) is 100 Å². The summed E-state index contributed by atoms with van der Waals surface area (Å²) in [5, 5.41) is 37.5. The average molecular weight is 929 g/mol. The minimum atomic E-state index is -0.975. The minimum Gasteiger partial charge on any atom is -0.363 e. The normalized spacial score (nSPS) is 19.4. The van der Waals surface area contributed by atoms with Crippen LogP contribution in [0.1, 0.15) is 94.9 Å². The Labute approximate surface area is 386 Å². The minimum absolute atomic E-state index is 0.0555. The number of rotatable bonds is 20. The molecule has 0 unspecified atom stereocenters. The third kappa shape index (κ3) is 15.7. The van der Waals surface area contributed by atoms with E-state index in [4.69, 9.17) is 9.47 Å². The standard InChI is InChI=1S/C42H68N14O6S2/c1-27(43-11)35(57)45-33(37(59)53-21-17-19-31(53)25-55-39(47-49-51-55)63-41(5,6)7)29(3)61-23-15-13-14-16-24-62-30(4)34(46-36(58)28(2)44-12)38(60)54-22-18-20-32(54)26-56-40(48-50-52-56)64-42(8,9)10/h27-34,43-44H,17-26H2,1-12H3,(H,45,57)(H,46,58)/t27-,28+,29+,30-,31-,32+,33-,34+. The van der Waals surface area contributed by atoms with Gasteiger partial charge in [-0.15, -0.1) is 10.2 Å². The summed E-state index contributed by atoms with van der Waals surface area (Å²) in [6, 6.07) is -3.37. The predicted molar refractivity (Wildman–Crippen MR) is 244 cm³/mol. The summed E-state index contributed by atoms with van der Waals surface area (Å²) < 4.78 is 15.3. The number of ether oxygens (including phenoxy) is 2. The molecule has 354 valence electrons. The molecule has 0 aromatic carbocycles. The summed E-state index contributed by atoms with van der Waals surface area (Å²) in [5.74, 6) is 10.0. The molecule has 2 fully saturated rings. The lowest BCUT2D eigenvalue weighted by Crippen LogP contribution is -2.58. The van der Waals surface area contributed by atoms with Gasteiger partial charge in [0.1, 0.15) is 25.3 Å². The Morgan fingerprint density at radius 2 is 1.05 bits per heavy atom. The second kappa shape index (κ2) is 24.3. The van der Waals surface area contributed by atoms with E-state index in [1.165, 1.54) is 0 Å². The van der Waals surface area contributed by atoms with Gasteiger partial charge in [0.15, 0.2) is 0 Å². The number of tetrazole rings is 2. The molecule has 0 bridgehead atoms. The first-order valence-corrected chi connectivity index (χ1v) is 23.5. The molecule has 2 aliphatic heterocycles. The van der Waals surface area contributed by atoms with Gasteiger partial charge in [0.25, 0.3) is 0 Å². The van der Waals surface area contributed by atoms with Gasteiger partial charge in [0.05, 0.1) is 49.5 Å². The van der Waals surface area contributed by atoms with E-state index in [0.29, 0.717) is 36.5 Å². The number of nitrogens with one attached hydrogen (secondary N) is 4. The van der Waals surface area contributed by atoms with Gasteiger partial charge in [-0.3, -0.25) is 19.2 Å². The van der Waals surface area contributed by atoms with Crippen LogP contribution >= 0.6 is 23.5 Å². The van der Waals surface area contributed by atoms with Gasteiger partial charge < -0.3 is 40.5 Å². The van der Waals surface area contributed by atoms with E-state index >= 15 is 0 Å². The van der Waals surface area contributed by atoms with E-state index in [1.807, 2.05) is 0 Å². The summed E-state index contributed by atoms with van der Waals surface area (Å²) >= 11 is 3.11. The Balaban J connectivity index is 1.37. The van der Waals surface area contributed by atoms with Gasteiger partial charge in [0, 0.05) is 22.6 Å². The van der Waals surface area contributed by atoms with Crippen LogP contribution in [-0.2, 0) is 41.7 Å². The molecule has 64 heavy (non-hydrogen) atoms. The van der Waals surface area contributed by atoms with Crippen LogP contribution in [0.4, 0.5) is 0 Å². The number of likely N-dealkylation sites (tertiary alicyclic amines) is 2. The Bertz CT molecular complexity index is 1860. The Kier molecular flexibility index (Phi) is 19.8. The predicted octanol–water partition coefficient (Wildman–Crippen LogP) is 1.13. The van der Waals surface area contributed by atoms with Crippen molar-refractivity contribution in [2.24, 2.45) is 0 Å². The molecule has 2 aromatic heterocycles. The Morgan fingerprint density at radius 1 is 0.672 bits per heavy atom. The quantitative estimate of drug-likeness (QED) is 0.108. The van der Waals surface area contributed by atoms with E-state index < -0.39 is 36.4 Å². The van der Waals surface area contributed by atoms with Crippen molar-refractivity contribution in [3.05, 3.63) is 0 Å². The van der Waals surface area contributed by atoms with Gasteiger partial charge in [0.2, 0.25) is 33.9 Å². The van der Waals surface area contributed by atoms with Gasteiger partial charge in [-0.25, -0.2) is 9.36 Å². The summed E-state index contributed by atoms with van der Waals surface area (Å²) in [6.07, 6.45) is 1.68. The summed E-state index contributed by atoms with van der Waals surface area (Å²) in [6.45, 7) is 21.2. The molecule has 0 spiro atoms. The first-order chi connectivity index (χ1) is 30.2. The number of carbonyl (C=O) groups is 4. The molecule has 0 saturated carbocycles. The number of carbonyl (C=O) groups excluding carboxylic acids is 4. The van der Waals surface area contributed by atoms with Crippen LogP contribution < -0.4 is 21.3 Å². The van der Waals surface area contributed by atoms with Gasteiger partial charge in [-0.1, -0.05) is 76.9 Å². The molecule has 22 heteroatoms. The van der Waals surface area contributed by atoms with E-state index in [-0.39, 0.29) is 58.4 Å². The van der Waals surface area contributed by atoms with Crippen LogP contribution in [0.25, 0.3) is 0 Å². The van der Waals surface area contributed by atoms with Crippen LogP contribution in [0.5, 0.6) is 0 Å². The highest BCUT2D eigenvalue weighted by Gasteiger charge is 2.40. The van der Waals surface area contributed by atoms with E-state index in [0.717, 1.165) is 25.7 Å². The molecule has 4 N–H and O–H groups in total. The number of likely N-dealkylation sites (N-methyl/N-ethyl adjacent to an activating group) is 2. The smallest absolute Gasteiger partial charge is 0.248 e. The maximum atomic E-state index is 14.2. The molecule has 4 heterocycles. The van der Waals surface area contributed by atoms with E-state index in [9.17, 15) is 19.2 Å². The SMILES string of the molecule is CN[C@@H](C)C(=O)N[C@H](C(=O)N1CCC[C@H]1Cn1nnnc1SC(C)(C)C)[C@@H](C)OCC#CC#CCO[C@@H](C)[C@@H](NC(=O)[C@@H](C)NC)C(=O)N1CCC[C@@H]1Cn1nnnc1SC(C)(C)C. The van der Waals surface area contributed by atoms with Crippen molar-refractivity contribution in [2.45, 2.75) is 176 Å². The second-order valence-corrected chi connectivity index (χ2v) is 21.6. The van der Waals surface area contributed by atoms with Crippen molar-refractivity contribution < 1.29 is 28.7 Å². The van der Waals surface area contributed by atoms with Crippen molar-refractivity contribution in [3.63, 3.8) is 0 Å². The van der Waals surface area contributed by atoms with Crippen molar-refractivity contribution in [2.75, 3.05) is 40.4 Å². The zero-order chi connectivity index (χ0) is 47.2. The molecule has 0 aliphatic carbocycles. The first-order valence-electron chi connectivity index (χ1n) is 21.9. The lowest BCUT2D eigenvalue weighted by Gasteiger charge is -2.32. The third-order valence-corrected chi connectivity index (χ3v) is 12.9. The lowest BCUT2D eigenvalue weighted by molar-refractivity contribution is -0.142. The van der Waals surface area contributed by atoms with Crippen LogP contribution in [-0.4, -0.2) is 172 Å². The highest BCUT2D eigenvalue weighted by atomic mass is 32.2. The highest BCUT2D eigenvalue weighted by Crippen LogP contribution is 2.32. The van der Waals surface area contributed by atoms with Crippen molar-refractivity contribution >= 4 is 47.2 Å². The van der Waals surface area contributed by atoms with E-state index in [1.54, 1.807) is 84.5 Å². The monoisotopic (exact) mass is 928 g/mol. The number of aromatic nitrogens is 8. The highest BCUT2D eigenvalue weighted by molar-refractivity contribution is 8.00. The number of amides is 4. The summed E-state index contributed by atoms with van der Waals surface area (Å²) in [5.41, 5.74) is 0. The second-order valence-electron chi connectivity index (χ2n) is 18.0. The fraction of sp³-hybridized carbons (Fsp3) is 0.762. The topological polar surface area (TPSA) is 229 Å². The number of hydrogen-bond donors (Lipinski definition) is 4. The average Bonchev–Trinajstić information content (AvgIpc) is 4.07. The molecular formula is C42H68N14O6S2. The van der Waals surface area contributed by atoms with Crippen molar-refractivity contribution in [1.82, 2.24) is 71.5 Å². The molecule has 0 radical (unpaired) electrons. The first kappa shape index (κ1) is 52.3. The van der Waals surface area contributed by atoms with Crippen LogP contribution in [0, 0.1) is 23.7 Å². The summed E-state index contributed by atoms with van der Waals surface area (Å²) in [4.78, 5) is 58.0. The number of nitrogens with zero attached hydrogens (tertiary/aromatic N) is 10. The third-order valence-electron chi connectivity index (χ3n) is 10.7. The Hall–Kier alpha value is -4.32. The molecule has 8 atom stereocenters. The van der Waals surface area contributed by atoms with Crippen molar-refractivity contribution in [1.29, 1.82) is 0 Å². The number of hydrogen-bond acceptors (Lipinski definition) is 16. The van der Waals surface area contributed by atoms with Crippen molar-refractivity contribution in [3.8, 4) is 23.7 Å². The summed E-state index contributed by atoms with van der Waals surface area (Å²) in [7, 11) is 3.35. The molecular weight excluding hydrogens is 861 g/mol. The fourth-order valence-corrected chi connectivity index (χ4v) is 8.66. The zero-order valence-electron chi connectivity index (χ0n) is 39.4. The molecule has 4 amide bonds. The van der Waals surface area contributed by atoms with E-state index in [2.05, 4.69) is 118 Å². The van der Waals surface area contributed by atoms with Gasteiger partial charge >= 0.3 is 0 Å². The maximum absolute atomic E-state index is 14.2. The largest absolute Gasteiger partial charge is 0.363 e. The lowest BCUT2D eigenvalue weighted by atomic mass is 10.1. The number of thioether (sulfide) groups is 2. The molecule has 20 nitrogen and oxygen atoms in total. The zero-order valence-corrected chi connectivity index (χ0v) is 41.1. The van der Waals surface area contributed by atoms with Gasteiger partial charge in [-0.2, -0.15) is 0 Å². The molecule has 4 rings (SSSR count). The van der Waals surface area contributed by atoms with Crippen LogP contribution in [0.3, 0.4) is 0 Å². The Morgan fingerprint density at radius 3 is 1.39 bits per heavy atom. The van der Waals surface area contributed by atoms with Crippen LogP contribution in [0.2, 0.25) is 0 Å².